The Bertz CT molecular complexity index is 422. The van der Waals surface area contributed by atoms with Gasteiger partial charge in [0.2, 0.25) is 5.96 Å². The number of nitrogens with zero attached hydrogens (tertiary/aromatic N) is 2. The van der Waals surface area contributed by atoms with Crippen molar-refractivity contribution in [2.45, 2.75) is 0 Å². The van der Waals surface area contributed by atoms with Gasteiger partial charge in [0, 0.05) is 12.7 Å². The first kappa shape index (κ1) is 12.6. The molecule has 7 heteroatoms. The number of hydrogen-bond acceptors (Lipinski definition) is 1. The molecular weight excluding hydrogens is 282 g/mol. The molecule has 0 bridgehead atoms. The van der Waals surface area contributed by atoms with E-state index >= 15 is 0 Å². The lowest BCUT2D eigenvalue weighted by molar-refractivity contribution is 0.573. The van der Waals surface area contributed by atoms with Crippen LogP contribution in [0.4, 0.5) is 14.5 Å². The SMILES string of the molecule is CN=C(N=CN)Nc1cc(F)c(Br)c(F)c1. The Balaban J connectivity index is 2.98. The second-order valence-corrected chi connectivity index (χ2v) is 3.50. The Morgan fingerprint density at radius 2 is 2.00 bits per heavy atom. The maximum absolute atomic E-state index is 13.2. The van der Waals surface area contributed by atoms with Crippen LogP contribution in [0, 0.1) is 11.6 Å². The van der Waals surface area contributed by atoms with Crippen LogP contribution in [0.5, 0.6) is 0 Å². The van der Waals surface area contributed by atoms with Crippen molar-refractivity contribution in [1.82, 2.24) is 0 Å². The van der Waals surface area contributed by atoms with Gasteiger partial charge in [0.25, 0.3) is 0 Å². The molecule has 0 heterocycles. The van der Waals surface area contributed by atoms with Crippen LogP contribution >= 0.6 is 15.9 Å². The van der Waals surface area contributed by atoms with Gasteiger partial charge in [0.15, 0.2) is 0 Å². The Labute approximate surface area is 99.4 Å². The normalized spacial score (nSPS) is 12.1. The number of halogens is 3. The van der Waals surface area contributed by atoms with Crippen molar-refractivity contribution >= 4 is 33.9 Å². The summed E-state index contributed by atoms with van der Waals surface area (Å²) < 4.78 is 26.1. The van der Waals surface area contributed by atoms with Gasteiger partial charge < -0.3 is 11.1 Å². The molecule has 0 fully saturated rings. The van der Waals surface area contributed by atoms with Crippen molar-refractivity contribution in [2.24, 2.45) is 15.7 Å². The summed E-state index contributed by atoms with van der Waals surface area (Å²) in [6.07, 6.45) is 1.03. The van der Waals surface area contributed by atoms with Crippen LogP contribution in [0.15, 0.2) is 26.6 Å². The number of rotatable bonds is 1. The molecule has 0 aliphatic rings. The fourth-order valence-electron chi connectivity index (χ4n) is 0.973. The van der Waals surface area contributed by atoms with Crippen molar-refractivity contribution in [3.63, 3.8) is 0 Å². The van der Waals surface area contributed by atoms with Gasteiger partial charge in [-0.1, -0.05) is 0 Å². The highest BCUT2D eigenvalue weighted by molar-refractivity contribution is 9.10. The smallest absolute Gasteiger partial charge is 0.223 e. The second-order valence-electron chi connectivity index (χ2n) is 2.70. The van der Waals surface area contributed by atoms with E-state index in [1.54, 1.807) is 0 Å². The molecule has 0 unspecified atom stereocenters. The predicted octanol–water partition coefficient (Wildman–Crippen LogP) is 2.11. The molecule has 4 nitrogen and oxygen atoms in total. The summed E-state index contributed by atoms with van der Waals surface area (Å²) >= 11 is 2.77. The number of nitrogens with one attached hydrogen (secondary N) is 1. The summed E-state index contributed by atoms with van der Waals surface area (Å²) in [5.41, 5.74) is 5.27. The topological polar surface area (TPSA) is 62.8 Å². The highest BCUT2D eigenvalue weighted by Gasteiger charge is 2.08. The second kappa shape index (κ2) is 5.55. The lowest BCUT2D eigenvalue weighted by Crippen LogP contribution is -2.11. The number of anilines is 1. The number of benzene rings is 1. The molecule has 0 spiro atoms. The molecule has 3 N–H and O–H groups in total. The zero-order chi connectivity index (χ0) is 12.1. The summed E-state index contributed by atoms with van der Waals surface area (Å²) in [5.74, 6) is -1.27. The number of nitrogens with two attached hydrogens (primary N) is 1. The van der Waals surface area contributed by atoms with Crippen LogP contribution in [0.25, 0.3) is 0 Å². The summed E-state index contributed by atoms with van der Waals surface area (Å²) in [4.78, 5) is 7.38. The van der Waals surface area contributed by atoms with E-state index in [9.17, 15) is 8.78 Å². The van der Waals surface area contributed by atoms with Crippen molar-refractivity contribution < 1.29 is 8.78 Å². The minimum atomic E-state index is -0.713. The molecule has 1 aromatic carbocycles. The highest BCUT2D eigenvalue weighted by Crippen LogP contribution is 2.23. The first-order valence-electron chi connectivity index (χ1n) is 4.21. The van der Waals surface area contributed by atoms with E-state index in [4.69, 9.17) is 5.73 Å². The van der Waals surface area contributed by atoms with Crippen LogP contribution in [-0.2, 0) is 0 Å². The fourth-order valence-corrected chi connectivity index (χ4v) is 1.20. The summed E-state index contributed by atoms with van der Waals surface area (Å²) in [6, 6.07) is 2.23. The van der Waals surface area contributed by atoms with E-state index in [1.165, 1.54) is 7.05 Å². The van der Waals surface area contributed by atoms with Crippen LogP contribution in [0.2, 0.25) is 0 Å². The predicted molar refractivity (Wildman–Crippen MR) is 63.7 cm³/mol. The Kier molecular flexibility index (Phi) is 4.36. The molecule has 0 aromatic heterocycles. The summed E-state index contributed by atoms with van der Waals surface area (Å²) in [6.45, 7) is 0. The van der Waals surface area contributed by atoms with Gasteiger partial charge in [0.05, 0.1) is 10.8 Å². The van der Waals surface area contributed by atoms with E-state index in [0.717, 1.165) is 18.5 Å². The maximum Gasteiger partial charge on any atom is 0.223 e. The molecule has 0 saturated carbocycles. The van der Waals surface area contributed by atoms with E-state index in [0.29, 0.717) is 0 Å². The van der Waals surface area contributed by atoms with Gasteiger partial charge in [-0.3, -0.25) is 4.99 Å². The lowest BCUT2D eigenvalue weighted by atomic mass is 10.3. The van der Waals surface area contributed by atoms with Gasteiger partial charge in [-0.25, -0.2) is 13.8 Å². The third-order valence-electron chi connectivity index (χ3n) is 1.65. The fraction of sp³-hybridized carbons (Fsp3) is 0.111. The summed E-state index contributed by atoms with van der Waals surface area (Å²) in [7, 11) is 1.47. The summed E-state index contributed by atoms with van der Waals surface area (Å²) in [5, 5.41) is 2.61. The van der Waals surface area contributed by atoms with Gasteiger partial charge in [-0.2, -0.15) is 0 Å². The quantitative estimate of drug-likeness (QED) is 0.473. The zero-order valence-corrected chi connectivity index (χ0v) is 9.92. The Morgan fingerprint density at radius 3 is 2.44 bits per heavy atom. The minimum Gasteiger partial charge on any atom is -0.390 e. The number of hydrogen-bond donors (Lipinski definition) is 2. The third kappa shape index (κ3) is 2.99. The molecule has 1 rings (SSSR count). The first-order valence-corrected chi connectivity index (χ1v) is 5.00. The van der Waals surface area contributed by atoms with Gasteiger partial charge in [-0.15, -0.1) is 0 Å². The molecule has 0 aliphatic heterocycles. The molecule has 0 amide bonds. The molecule has 0 radical (unpaired) electrons. The average Bonchev–Trinajstić information content (AvgIpc) is 2.25. The Morgan fingerprint density at radius 1 is 1.44 bits per heavy atom. The van der Waals surface area contributed by atoms with Crippen molar-refractivity contribution in [3.05, 3.63) is 28.2 Å². The number of guanidine groups is 1. The molecule has 86 valence electrons. The first-order chi connectivity index (χ1) is 7.58. The van der Waals surface area contributed by atoms with Gasteiger partial charge in [-0.05, 0) is 28.1 Å². The number of aliphatic imine (C=N–C) groups is 2. The molecule has 0 atom stereocenters. The van der Waals surface area contributed by atoms with Crippen LogP contribution in [0.1, 0.15) is 0 Å². The molecule has 1 aromatic rings. The van der Waals surface area contributed by atoms with Crippen LogP contribution in [-0.4, -0.2) is 19.3 Å². The largest absolute Gasteiger partial charge is 0.390 e. The van der Waals surface area contributed by atoms with Crippen LogP contribution < -0.4 is 11.1 Å². The average molecular weight is 291 g/mol. The zero-order valence-electron chi connectivity index (χ0n) is 8.34. The standard InChI is InChI=1S/C9H9BrF2N4/c1-14-9(15-4-13)16-5-2-6(11)8(10)7(12)3-5/h2-4H,1H3,(H3,13,14,15,16). The van der Waals surface area contributed by atoms with Gasteiger partial charge in [0.1, 0.15) is 11.6 Å². The highest BCUT2D eigenvalue weighted by atomic mass is 79.9. The molecule has 0 aliphatic carbocycles. The van der Waals surface area contributed by atoms with Crippen molar-refractivity contribution in [3.8, 4) is 0 Å². The minimum absolute atomic E-state index is 0.156. The molecule has 16 heavy (non-hydrogen) atoms. The van der Waals surface area contributed by atoms with E-state index in [2.05, 4.69) is 31.2 Å². The van der Waals surface area contributed by atoms with E-state index in [-0.39, 0.29) is 16.1 Å². The van der Waals surface area contributed by atoms with Crippen molar-refractivity contribution in [1.29, 1.82) is 0 Å². The lowest BCUT2D eigenvalue weighted by Gasteiger charge is -2.06. The van der Waals surface area contributed by atoms with Gasteiger partial charge >= 0.3 is 0 Å². The monoisotopic (exact) mass is 290 g/mol. The maximum atomic E-state index is 13.2. The molecule has 0 saturated heterocycles. The Hall–Kier alpha value is -1.50. The van der Waals surface area contributed by atoms with E-state index < -0.39 is 11.6 Å². The molecular formula is C9H9BrF2N4. The third-order valence-corrected chi connectivity index (χ3v) is 2.41. The van der Waals surface area contributed by atoms with E-state index in [1.807, 2.05) is 0 Å². The van der Waals surface area contributed by atoms with Crippen molar-refractivity contribution in [2.75, 3.05) is 12.4 Å². The van der Waals surface area contributed by atoms with Crippen LogP contribution in [0.3, 0.4) is 0 Å².